The third kappa shape index (κ3) is 4.09. The molecule has 0 atom stereocenters. The fraction of sp³-hybridized carbons (Fsp3) is 0.217. The zero-order valence-corrected chi connectivity index (χ0v) is 17.5. The number of methoxy groups -OCH3 is 1. The standard InChI is InChI=1S/C23H19ClN4O3/c1-30-18-9-11-19-15(12-18)4-10-20(25-19)23(29)28(17-7-8-17)13-21-26-27-22(31-21)14-2-5-16(24)6-3-14/h2-6,9-12,17H,7-8,13H2,1H3. The molecule has 0 radical (unpaired) electrons. The molecule has 0 spiro atoms. The van der Waals surface area contributed by atoms with Gasteiger partial charge in [0.2, 0.25) is 11.8 Å². The predicted octanol–water partition coefficient (Wildman–Crippen LogP) is 4.75. The van der Waals surface area contributed by atoms with E-state index in [1.807, 2.05) is 36.4 Å². The quantitative estimate of drug-likeness (QED) is 0.435. The van der Waals surface area contributed by atoms with Crippen LogP contribution in [0.4, 0.5) is 0 Å². The Morgan fingerprint density at radius 3 is 2.68 bits per heavy atom. The summed E-state index contributed by atoms with van der Waals surface area (Å²) in [5.74, 6) is 1.38. The summed E-state index contributed by atoms with van der Waals surface area (Å²) < 4.78 is 11.1. The minimum atomic E-state index is -0.147. The molecule has 5 rings (SSSR count). The highest BCUT2D eigenvalue weighted by Gasteiger charge is 2.35. The minimum absolute atomic E-state index is 0.147. The molecule has 7 nitrogen and oxygen atoms in total. The van der Waals surface area contributed by atoms with Crippen molar-refractivity contribution in [2.75, 3.05) is 7.11 Å². The zero-order valence-electron chi connectivity index (χ0n) is 16.8. The molecular weight excluding hydrogens is 416 g/mol. The average Bonchev–Trinajstić information content (AvgIpc) is 3.54. The Hall–Kier alpha value is -3.45. The molecule has 1 saturated carbocycles. The maximum Gasteiger partial charge on any atom is 0.273 e. The summed E-state index contributed by atoms with van der Waals surface area (Å²) in [5.41, 5.74) is 1.91. The van der Waals surface area contributed by atoms with Crippen molar-refractivity contribution in [1.82, 2.24) is 20.1 Å². The third-order valence-corrected chi connectivity index (χ3v) is 5.48. The van der Waals surface area contributed by atoms with Crippen molar-refractivity contribution < 1.29 is 13.9 Å². The summed E-state index contributed by atoms with van der Waals surface area (Å²) in [4.78, 5) is 19.6. The number of aromatic nitrogens is 3. The summed E-state index contributed by atoms with van der Waals surface area (Å²) in [5, 5.41) is 9.79. The third-order valence-electron chi connectivity index (χ3n) is 5.23. The Kier molecular flexibility index (Phi) is 5.03. The lowest BCUT2D eigenvalue weighted by Gasteiger charge is -2.20. The van der Waals surface area contributed by atoms with Crippen molar-refractivity contribution in [3.8, 4) is 17.2 Å². The van der Waals surface area contributed by atoms with Gasteiger partial charge in [-0.1, -0.05) is 17.7 Å². The summed E-state index contributed by atoms with van der Waals surface area (Å²) in [6, 6.07) is 16.5. The number of rotatable bonds is 6. The van der Waals surface area contributed by atoms with Crippen LogP contribution in [-0.4, -0.2) is 39.1 Å². The molecule has 0 aliphatic heterocycles. The SMILES string of the molecule is COc1ccc2nc(C(=O)N(Cc3nnc(-c4ccc(Cl)cc4)o3)C3CC3)ccc2c1. The van der Waals surface area contributed by atoms with Crippen molar-refractivity contribution in [3.05, 3.63) is 71.2 Å². The largest absolute Gasteiger partial charge is 0.497 e. The number of benzene rings is 2. The normalized spacial score (nSPS) is 13.4. The molecule has 0 bridgehead atoms. The Morgan fingerprint density at radius 2 is 1.94 bits per heavy atom. The van der Waals surface area contributed by atoms with Gasteiger partial charge in [0.25, 0.3) is 5.91 Å². The van der Waals surface area contributed by atoms with Crippen LogP contribution in [0.2, 0.25) is 5.02 Å². The zero-order chi connectivity index (χ0) is 21.4. The van der Waals surface area contributed by atoms with Crippen LogP contribution in [0.25, 0.3) is 22.4 Å². The van der Waals surface area contributed by atoms with Crippen LogP contribution in [0.5, 0.6) is 5.75 Å². The van der Waals surface area contributed by atoms with Crippen molar-refractivity contribution >= 4 is 28.4 Å². The topological polar surface area (TPSA) is 81.4 Å². The van der Waals surface area contributed by atoms with Gasteiger partial charge in [-0.2, -0.15) is 0 Å². The van der Waals surface area contributed by atoms with Gasteiger partial charge < -0.3 is 14.1 Å². The average molecular weight is 435 g/mol. The van der Waals surface area contributed by atoms with Crippen LogP contribution in [0.1, 0.15) is 29.2 Å². The molecule has 1 aliphatic carbocycles. The van der Waals surface area contributed by atoms with Crippen LogP contribution in [0.3, 0.4) is 0 Å². The first-order valence-electron chi connectivity index (χ1n) is 9.95. The van der Waals surface area contributed by atoms with E-state index in [4.69, 9.17) is 20.8 Å². The van der Waals surface area contributed by atoms with Gasteiger partial charge in [-0.3, -0.25) is 4.79 Å². The number of carbonyl (C=O) groups is 1. The maximum atomic E-state index is 13.2. The monoisotopic (exact) mass is 434 g/mol. The molecule has 1 amide bonds. The van der Waals surface area contributed by atoms with Gasteiger partial charge >= 0.3 is 0 Å². The number of amides is 1. The Bertz CT molecular complexity index is 1250. The molecule has 2 heterocycles. The lowest BCUT2D eigenvalue weighted by molar-refractivity contribution is 0.0709. The van der Waals surface area contributed by atoms with E-state index >= 15 is 0 Å². The highest BCUT2D eigenvalue weighted by Crippen LogP contribution is 2.30. The van der Waals surface area contributed by atoms with E-state index < -0.39 is 0 Å². The minimum Gasteiger partial charge on any atom is -0.497 e. The summed E-state index contributed by atoms with van der Waals surface area (Å²) >= 11 is 5.94. The van der Waals surface area contributed by atoms with Gasteiger partial charge in [-0.05, 0) is 61.4 Å². The Balaban J connectivity index is 1.38. The predicted molar refractivity (Wildman–Crippen MR) is 116 cm³/mol. The van der Waals surface area contributed by atoms with Crippen molar-refractivity contribution in [2.24, 2.45) is 0 Å². The lowest BCUT2D eigenvalue weighted by Crippen LogP contribution is -2.33. The number of carbonyl (C=O) groups excluding carboxylic acids is 1. The van der Waals surface area contributed by atoms with E-state index in [9.17, 15) is 4.79 Å². The molecule has 0 saturated heterocycles. The van der Waals surface area contributed by atoms with Crippen LogP contribution in [0.15, 0.2) is 59.0 Å². The smallest absolute Gasteiger partial charge is 0.273 e. The maximum absolute atomic E-state index is 13.2. The van der Waals surface area contributed by atoms with Crippen LogP contribution < -0.4 is 4.74 Å². The Morgan fingerprint density at radius 1 is 1.13 bits per heavy atom. The number of nitrogens with zero attached hydrogens (tertiary/aromatic N) is 4. The summed E-state index contributed by atoms with van der Waals surface area (Å²) in [7, 11) is 1.62. The van der Waals surface area contributed by atoms with Gasteiger partial charge in [0, 0.05) is 22.0 Å². The molecule has 2 aromatic heterocycles. The molecule has 8 heteroatoms. The van der Waals surface area contributed by atoms with Crippen molar-refractivity contribution in [1.29, 1.82) is 0 Å². The van der Waals surface area contributed by atoms with E-state index in [0.29, 0.717) is 22.5 Å². The van der Waals surface area contributed by atoms with Crippen molar-refractivity contribution in [3.63, 3.8) is 0 Å². The molecule has 2 aromatic carbocycles. The molecule has 0 unspecified atom stereocenters. The number of fused-ring (bicyclic) bond motifs is 1. The molecular formula is C23H19ClN4O3. The first-order chi connectivity index (χ1) is 15.1. The number of ether oxygens (including phenoxy) is 1. The van der Waals surface area contributed by atoms with E-state index in [0.717, 1.165) is 35.1 Å². The fourth-order valence-corrected chi connectivity index (χ4v) is 3.55. The first kappa shape index (κ1) is 19.5. The van der Waals surface area contributed by atoms with Gasteiger partial charge in [-0.25, -0.2) is 4.98 Å². The second-order valence-electron chi connectivity index (χ2n) is 7.43. The van der Waals surface area contributed by atoms with Crippen molar-refractivity contribution in [2.45, 2.75) is 25.4 Å². The summed E-state index contributed by atoms with van der Waals surface area (Å²) in [6.45, 7) is 0.242. The van der Waals surface area contributed by atoms with E-state index in [-0.39, 0.29) is 18.5 Å². The van der Waals surface area contributed by atoms with Gasteiger partial charge in [0.15, 0.2) is 0 Å². The molecule has 4 aromatic rings. The van der Waals surface area contributed by atoms with Crippen LogP contribution in [-0.2, 0) is 6.54 Å². The van der Waals surface area contributed by atoms with Gasteiger partial charge in [0.05, 0.1) is 19.2 Å². The molecule has 1 aliphatic rings. The number of halogens is 1. The first-order valence-corrected chi connectivity index (χ1v) is 10.3. The van der Waals surface area contributed by atoms with Gasteiger partial charge in [0.1, 0.15) is 11.4 Å². The molecule has 0 N–H and O–H groups in total. The number of hydrogen-bond acceptors (Lipinski definition) is 6. The molecule has 156 valence electrons. The number of pyridine rings is 1. The van der Waals surface area contributed by atoms with Crippen LogP contribution in [0, 0.1) is 0 Å². The highest BCUT2D eigenvalue weighted by molar-refractivity contribution is 6.30. The summed E-state index contributed by atoms with van der Waals surface area (Å²) in [6.07, 6.45) is 1.91. The Labute approximate surface area is 183 Å². The second kappa shape index (κ2) is 8.00. The second-order valence-corrected chi connectivity index (χ2v) is 7.86. The highest BCUT2D eigenvalue weighted by atomic mass is 35.5. The number of hydrogen-bond donors (Lipinski definition) is 0. The fourth-order valence-electron chi connectivity index (χ4n) is 3.42. The lowest BCUT2D eigenvalue weighted by atomic mass is 10.2. The van der Waals surface area contributed by atoms with E-state index in [2.05, 4.69) is 15.2 Å². The van der Waals surface area contributed by atoms with E-state index in [1.54, 1.807) is 30.2 Å². The van der Waals surface area contributed by atoms with Crippen LogP contribution >= 0.6 is 11.6 Å². The molecule has 1 fully saturated rings. The van der Waals surface area contributed by atoms with E-state index in [1.165, 1.54) is 0 Å². The van der Waals surface area contributed by atoms with Gasteiger partial charge in [-0.15, -0.1) is 10.2 Å². The molecule has 31 heavy (non-hydrogen) atoms.